The van der Waals surface area contributed by atoms with E-state index in [9.17, 15) is 17.6 Å². The van der Waals surface area contributed by atoms with E-state index in [4.69, 9.17) is 0 Å². The molecule has 0 radical (unpaired) electrons. The highest BCUT2D eigenvalue weighted by molar-refractivity contribution is 7.89. The lowest BCUT2D eigenvalue weighted by Crippen LogP contribution is -2.41. The van der Waals surface area contributed by atoms with Gasteiger partial charge in [-0.2, -0.15) is 4.31 Å². The standard InChI is InChI=1S/C19H24FN3O3S/c1-13-10-21-8-3-9-23(13)27(25,26)17-5-2-4-15-18(17)16(20)12-22(19(15)24)11-14-6-7-14/h2,4-5,12-14,21H,3,6-11H2,1H3/t13-/m0/s1. The van der Waals surface area contributed by atoms with Crippen LogP contribution in [0.3, 0.4) is 0 Å². The van der Waals surface area contributed by atoms with Gasteiger partial charge < -0.3 is 9.88 Å². The van der Waals surface area contributed by atoms with Gasteiger partial charge in [0.25, 0.3) is 5.56 Å². The average Bonchev–Trinajstić information content (AvgIpc) is 3.46. The molecule has 1 aliphatic carbocycles. The van der Waals surface area contributed by atoms with Crippen molar-refractivity contribution in [3.8, 4) is 0 Å². The van der Waals surface area contributed by atoms with Gasteiger partial charge in [0.2, 0.25) is 10.0 Å². The van der Waals surface area contributed by atoms with Crippen molar-refractivity contribution in [1.29, 1.82) is 0 Å². The SMILES string of the molecule is C[C@H]1CNCCCN1S(=O)(=O)c1cccc2c(=O)n(CC3CC3)cc(F)c12. The molecule has 8 heteroatoms. The maximum absolute atomic E-state index is 15.0. The van der Waals surface area contributed by atoms with Gasteiger partial charge >= 0.3 is 0 Å². The van der Waals surface area contributed by atoms with Gasteiger partial charge in [-0.05, 0) is 50.8 Å². The predicted molar refractivity (Wildman–Crippen MR) is 102 cm³/mol. The first-order valence-electron chi connectivity index (χ1n) is 9.44. The molecule has 4 rings (SSSR count). The van der Waals surface area contributed by atoms with Crippen LogP contribution in [0.1, 0.15) is 26.2 Å². The zero-order chi connectivity index (χ0) is 19.2. The van der Waals surface area contributed by atoms with E-state index in [1.165, 1.54) is 27.1 Å². The zero-order valence-electron chi connectivity index (χ0n) is 15.3. The summed E-state index contributed by atoms with van der Waals surface area (Å²) in [4.78, 5) is 12.7. The molecule has 27 heavy (non-hydrogen) atoms. The van der Waals surface area contributed by atoms with Crippen LogP contribution >= 0.6 is 0 Å². The molecule has 0 bridgehead atoms. The monoisotopic (exact) mass is 393 g/mol. The second-order valence-corrected chi connectivity index (χ2v) is 9.44. The van der Waals surface area contributed by atoms with Crippen LogP contribution in [0.4, 0.5) is 4.39 Å². The maximum atomic E-state index is 15.0. The van der Waals surface area contributed by atoms with E-state index < -0.39 is 15.8 Å². The largest absolute Gasteiger partial charge is 0.315 e. The van der Waals surface area contributed by atoms with Crippen molar-refractivity contribution in [3.63, 3.8) is 0 Å². The molecule has 2 heterocycles. The number of pyridine rings is 1. The highest BCUT2D eigenvalue weighted by Crippen LogP contribution is 2.31. The lowest BCUT2D eigenvalue weighted by Gasteiger charge is -2.26. The molecule has 2 aromatic rings. The number of fused-ring (bicyclic) bond motifs is 1. The summed E-state index contributed by atoms with van der Waals surface area (Å²) < 4.78 is 44.4. The Hall–Kier alpha value is -1.77. The van der Waals surface area contributed by atoms with Crippen LogP contribution in [0.25, 0.3) is 10.8 Å². The van der Waals surface area contributed by atoms with Gasteiger partial charge in [0.1, 0.15) is 5.82 Å². The number of hydrogen-bond donors (Lipinski definition) is 1. The summed E-state index contributed by atoms with van der Waals surface area (Å²) in [6, 6.07) is 4.19. The first-order valence-corrected chi connectivity index (χ1v) is 10.9. The lowest BCUT2D eigenvalue weighted by molar-refractivity contribution is 0.353. The molecule has 0 spiro atoms. The van der Waals surface area contributed by atoms with E-state index in [2.05, 4.69) is 5.32 Å². The summed E-state index contributed by atoms with van der Waals surface area (Å²) in [5.41, 5.74) is -0.332. The molecule has 0 unspecified atom stereocenters. The van der Waals surface area contributed by atoms with Crippen LogP contribution in [0, 0.1) is 11.7 Å². The van der Waals surface area contributed by atoms with Gasteiger partial charge in [0.15, 0.2) is 0 Å². The summed E-state index contributed by atoms with van der Waals surface area (Å²) in [5, 5.41) is 3.23. The molecule has 6 nitrogen and oxygen atoms in total. The molecule has 0 amide bonds. The first-order chi connectivity index (χ1) is 12.9. The topological polar surface area (TPSA) is 71.4 Å². The van der Waals surface area contributed by atoms with Crippen molar-refractivity contribution in [2.75, 3.05) is 19.6 Å². The number of aromatic nitrogens is 1. The Morgan fingerprint density at radius 2 is 2.07 bits per heavy atom. The number of benzene rings is 1. The van der Waals surface area contributed by atoms with E-state index in [0.717, 1.165) is 25.6 Å². The molecule has 2 fully saturated rings. The third-order valence-corrected chi connectivity index (χ3v) is 7.48. The van der Waals surface area contributed by atoms with Crippen molar-refractivity contribution in [3.05, 3.63) is 40.6 Å². The fraction of sp³-hybridized carbons (Fsp3) is 0.526. The van der Waals surface area contributed by atoms with E-state index >= 15 is 0 Å². The smallest absolute Gasteiger partial charge is 0.258 e. The molecule has 1 saturated heterocycles. The predicted octanol–water partition coefficient (Wildman–Crippen LogP) is 1.92. The van der Waals surface area contributed by atoms with Crippen molar-refractivity contribution in [2.45, 2.75) is 43.7 Å². The minimum absolute atomic E-state index is 0.0982. The molecule has 1 aromatic carbocycles. The molecule has 1 atom stereocenters. The van der Waals surface area contributed by atoms with E-state index in [1.54, 1.807) is 0 Å². The van der Waals surface area contributed by atoms with Gasteiger partial charge in [0, 0.05) is 37.3 Å². The van der Waals surface area contributed by atoms with Gasteiger partial charge in [0.05, 0.1) is 10.3 Å². The van der Waals surface area contributed by atoms with Crippen molar-refractivity contribution in [2.24, 2.45) is 5.92 Å². The quantitative estimate of drug-likeness (QED) is 0.862. The Balaban J connectivity index is 1.86. The minimum atomic E-state index is -3.92. The second kappa shape index (κ2) is 7.00. The number of sulfonamides is 1. The van der Waals surface area contributed by atoms with Gasteiger partial charge in [-0.25, -0.2) is 12.8 Å². The highest BCUT2D eigenvalue weighted by Gasteiger charge is 2.32. The third kappa shape index (κ3) is 3.41. The van der Waals surface area contributed by atoms with Gasteiger partial charge in [-0.1, -0.05) is 6.07 Å². The Kier molecular flexibility index (Phi) is 4.82. The molecule has 1 saturated carbocycles. The van der Waals surface area contributed by atoms with E-state index in [-0.39, 0.29) is 27.3 Å². The Morgan fingerprint density at radius 3 is 2.81 bits per heavy atom. The normalized spacial score (nSPS) is 22.1. The van der Waals surface area contributed by atoms with Gasteiger partial charge in [-0.3, -0.25) is 4.79 Å². The molecule has 1 N–H and O–H groups in total. The summed E-state index contributed by atoms with van der Waals surface area (Å²) in [5.74, 6) is -0.248. The van der Waals surface area contributed by atoms with Crippen molar-refractivity contribution < 1.29 is 12.8 Å². The van der Waals surface area contributed by atoms with Crippen molar-refractivity contribution in [1.82, 2.24) is 14.2 Å². The number of nitrogens with one attached hydrogen (secondary N) is 1. The molecule has 1 aliphatic heterocycles. The first kappa shape index (κ1) is 18.6. The number of hydrogen-bond acceptors (Lipinski definition) is 4. The Labute approximate surface area is 158 Å². The molecular formula is C19H24FN3O3S. The van der Waals surface area contributed by atoms with Crippen molar-refractivity contribution >= 4 is 20.8 Å². The molecule has 146 valence electrons. The highest BCUT2D eigenvalue weighted by atomic mass is 32.2. The van der Waals surface area contributed by atoms with E-state index in [1.807, 2.05) is 6.92 Å². The van der Waals surface area contributed by atoms with Crippen LogP contribution in [0.5, 0.6) is 0 Å². The number of halogens is 1. The lowest BCUT2D eigenvalue weighted by atomic mass is 10.1. The van der Waals surface area contributed by atoms with Crippen LogP contribution in [0.15, 0.2) is 34.1 Å². The Bertz CT molecular complexity index is 1030. The Morgan fingerprint density at radius 1 is 1.30 bits per heavy atom. The zero-order valence-corrected chi connectivity index (χ0v) is 16.1. The number of nitrogens with zero attached hydrogens (tertiary/aromatic N) is 2. The van der Waals surface area contributed by atoms with Gasteiger partial charge in [-0.15, -0.1) is 0 Å². The minimum Gasteiger partial charge on any atom is -0.315 e. The average molecular weight is 393 g/mol. The molecule has 1 aromatic heterocycles. The summed E-state index contributed by atoms with van der Waals surface area (Å²) in [6.07, 6.45) is 3.93. The summed E-state index contributed by atoms with van der Waals surface area (Å²) in [6.45, 7) is 3.97. The third-order valence-electron chi connectivity index (χ3n) is 5.43. The second-order valence-electron chi connectivity index (χ2n) is 7.58. The maximum Gasteiger partial charge on any atom is 0.258 e. The molecule has 2 aliphatic rings. The van der Waals surface area contributed by atoms with Crippen LogP contribution < -0.4 is 10.9 Å². The van der Waals surface area contributed by atoms with E-state index in [0.29, 0.717) is 32.0 Å². The fourth-order valence-corrected chi connectivity index (χ4v) is 5.66. The van der Waals surface area contributed by atoms with Crippen LogP contribution in [-0.4, -0.2) is 43.0 Å². The molecular weight excluding hydrogens is 369 g/mol. The van der Waals surface area contributed by atoms with Crippen LogP contribution in [0.2, 0.25) is 0 Å². The summed E-state index contributed by atoms with van der Waals surface area (Å²) >= 11 is 0. The summed E-state index contributed by atoms with van der Waals surface area (Å²) in [7, 11) is -3.92. The fourth-order valence-electron chi connectivity index (χ4n) is 3.78. The van der Waals surface area contributed by atoms with Crippen LogP contribution in [-0.2, 0) is 16.6 Å². The number of rotatable bonds is 4.